The van der Waals surface area contributed by atoms with Gasteiger partial charge in [-0.1, -0.05) is 13.0 Å². The van der Waals surface area contributed by atoms with Gasteiger partial charge in [0, 0.05) is 31.0 Å². The minimum atomic E-state index is 0.750. The van der Waals surface area contributed by atoms with Crippen LogP contribution in [0.3, 0.4) is 0 Å². The Kier molecular flexibility index (Phi) is 3.98. The number of anilines is 2. The molecular formula is C11H17N3. The second-order valence-electron chi connectivity index (χ2n) is 3.18. The molecule has 1 rings (SSSR count). The molecule has 2 N–H and O–H groups in total. The molecular weight excluding hydrogens is 174 g/mol. The van der Waals surface area contributed by atoms with E-state index >= 15 is 0 Å². The third-order valence-electron chi connectivity index (χ3n) is 1.94. The normalized spacial score (nSPS) is 9.79. The summed E-state index contributed by atoms with van der Waals surface area (Å²) in [6.07, 6.45) is 4.70. The number of hydrogen-bond acceptors (Lipinski definition) is 3. The number of nitrogens with zero attached hydrogens (tertiary/aromatic N) is 2. The molecule has 3 nitrogen and oxygen atoms in total. The first kappa shape index (κ1) is 10.6. The Morgan fingerprint density at radius 3 is 3.00 bits per heavy atom. The second kappa shape index (κ2) is 5.27. The predicted octanol–water partition coefficient (Wildman–Crippen LogP) is 2.07. The van der Waals surface area contributed by atoms with E-state index in [0.717, 1.165) is 31.0 Å². The fraction of sp³-hybridized carbons (Fsp3) is 0.364. The van der Waals surface area contributed by atoms with Crippen LogP contribution in [0.25, 0.3) is 0 Å². The Morgan fingerprint density at radius 2 is 2.43 bits per heavy atom. The lowest BCUT2D eigenvalue weighted by molar-refractivity contribution is 0.803. The SMILES string of the molecule is C=CCN(CCC)c1cc(N)ccn1. The van der Waals surface area contributed by atoms with Crippen molar-refractivity contribution in [1.82, 2.24) is 4.98 Å². The fourth-order valence-corrected chi connectivity index (χ4v) is 1.33. The Labute approximate surface area is 85.3 Å². The average molecular weight is 191 g/mol. The molecule has 0 fully saturated rings. The lowest BCUT2D eigenvalue weighted by atomic mass is 10.3. The quantitative estimate of drug-likeness (QED) is 0.724. The van der Waals surface area contributed by atoms with E-state index < -0.39 is 0 Å². The maximum absolute atomic E-state index is 5.70. The van der Waals surface area contributed by atoms with Crippen molar-refractivity contribution in [3.8, 4) is 0 Å². The minimum Gasteiger partial charge on any atom is -0.399 e. The molecule has 0 bridgehead atoms. The van der Waals surface area contributed by atoms with Crippen molar-refractivity contribution in [2.45, 2.75) is 13.3 Å². The molecule has 0 radical (unpaired) electrons. The first-order valence-corrected chi connectivity index (χ1v) is 4.85. The molecule has 0 aliphatic carbocycles. The van der Waals surface area contributed by atoms with Gasteiger partial charge in [-0.15, -0.1) is 6.58 Å². The van der Waals surface area contributed by atoms with Crippen molar-refractivity contribution in [1.29, 1.82) is 0 Å². The zero-order chi connectivity index (χ0) is 10.4. The Hall–Kier alpha value is -1.51. The van der Waals surface area contributed by atoms with Crippen molar-refractivity contribution in [3.63, 3.8) is 0 Å². The largest absolute Gasteiger partial charge is 0.399 e. The maximum Gasteiger partial charge on any atom is 0.130 e. The molecule has 0 saturated carbocycles. The van der Waals surface area contributed by atoms with E-state index in [1.54, 1.807) is 12.3 Å². The van der Waals surface area contributed by atoms with Crippen LogP contribution in [0, 0.1) is 0 Å². The summed E-state index contributed by atoms with van der Waals surface area (Å²) < 4.78 is 0. The maximum atomic E-state index is 5.70. The third-order valence-corrected chi connectivity index (χ3v) is 1.94. The average Bonchev–Trinajstić information content (AvgIpc) is 2.17. The van der Waals surface area contributed by atoms with Crippen LogP contribution in [0.4, 0.5) is 11.5 Å². The molecule has 3 heteroatoms. The summed E-state index contributed by atoms with van der Waals surface area (Å²) in [5.74, 6) is 0.923. The van der Waals surface area contributed by atoms with E-state index in [4.69, 9.17) is 5.73 Å². The van der Waals surface area contributed by atoms with Gasteiger partial charge in [0.25, 0.3) is 0 Å². The van der Waals surface area contributed by atoms with Crippen LogP contribution in [-0.4, -0.2) is 18.1 Å². The number of nitrogens with two attached hydrogens (primary N) is 1. The highest BCUT2D eigenvalue weighted by molar-refractivity contribution is 5.50. The number of rotatable bonds is 5. The van der Waals surface area contributed by atoms with Crippen LogP contribution < -0.4 is 10.6 Å². The number of pyridine rings is 1. The van der Waals surface area contributed by atoms with Crippen LogP contribution >= 0.6 is 0 Å². The minimum absolute atomic E-state index is 0.750. The van der Waals surface area contributed by atoms with Crippen molar-refractivity contribution >= 4 is 11.5 Å². The van der Waals surface area contributed by atoms with Crippen molar-refractivity contribution in [2.24, 2.45) is 0 Å². The van der Waals surface area contributed by atoms with E-state index in [-0.39, 0.29) is 0 Å². The van der Waals surface area contributed by atoms with Crippen molar-refractivity contribution in [3.05, 3.63) is 31.0 Å². The van der Waals surface area contributed by atoms with Gasteiger partial charge in [0.05, 0.1) is 0 Å². The van der Waals surface area contributed by atoms with E-state index in [1.165, 1.54) is 0 Å². The monoisotopic (exact) mass is 191 g/mol. The van der Waals surface area contributed by atoms with Gasteiger partial charge in [-0.3, -0.25) is 0 Å². The zero-order valence-corrected chi connectivity index (χ0v) is 8.61. The van der Waals surface area contributed by atoms with E-state index in [1.807, 2.05) is 12.1 Å². The molecule has 0 spiro atoms. The van der Waals surface area contributed by atoms with Crippen LogP contribution in [0.15, 0.2) is 31.0 Å². The molecule has 76 valence electrons. The zero-order valence-electron chi connectivity index (χ0n) is 8.61. The summed E-state index contributed by atoms with van der Waals surface area (Å²) in [5.41, 5.74) is 6.45. The smallest absolute Gasteiger partial charge is 0.130 e. The summed E-state index contributed by atoms with van der Waals surface area (Å²) in [4.78, 5) is 6.43. The van der Waals surface area contributed by atoms with Crippen LogP contribution in [0.5, 0.6) is 0 Å². The molecule has 0 amide bonds. The van der Waals surface area contributed by atoms with Gasteiger partial charge in [-0.05, 0) is 12.5 Å². The molecule has 1 heterocycles. The van der Waals surface area contributed by atoms with Gasteiger partial charge in [0.1, 0.15) is 5.82 Å². The number of aromatic nitrogens is 1. The van der Waals surface area contributed by atoms with Gasteiger partial charge >= 0.3 is 0 Å². The fourth-order valence-electron chi connectivity index (χ4n) is 1.33. The van der Waals surface area contributed by atoms with Crippen LogP contribution in [-0.2, 0) is 0 Å². The first-order chi connectivity index (χ1) is 6.77. The summed E-state index contributed by atoms with van der Waals surface area (Å²) in [6, 6.07) is 3.68. The van der Waals surface area contributed by atoms with Crippen LogP contribution in [0.1, 0.15) is 13.3 Å². The second-order valence-corrected chi connectivity index (χ2v) is 3.18. The molecule has 14 heavy (non-hydrogen) atoms. The van der Waals surface area contributed by atoms with Crippen molar-refractivity contribution in [2.75, 3.05) is 23.7 Å². The summed E-state index contributed by atoms with van der Waals surface area (Å²) >= 11 is 0. The summed E-state index contributed by atoms with van der Waals surface area (Å²) in [7, 11) is 0. The molecule has 0 aliphatic rings. The Morgan fingerprint density at radius 1 is 1.64 bits per heavy atom. The highest BCUT2D eigenvalue weighted by Crippen LogP contribution is 2.13. The molecule has 0 saturated heterocycles. The standard InChI is InChI=1S/C11H17N3/c1-3-7-14(8-4-2)11-9-10(12)5-6-13-11/h3,5-6,9H,1,4,7-8H2,2H3,(H2,12,13). The predicted molar refractivity (Wildman–Crippen MR) is 61.4 cm³/mol. The molecule has 0 aliphatic heterocycles. The third kappa shape index (κ3) is 2.76. The topological polar surface area (TPSA) is 42.1 Å². The molecule has 1 aromatic rings. The highest BCUT2D eigenvalue weighted by Gasteiger charge is 2.04. The first-order valence-electron chi connectivity index (χ1n) is 4.85. The van der Waals surface area contributed by atoms with Crippen LogP contribution in [0.2, 0.25) is 0 Å². The van der Waals surface area contributed by atoms with E-state index in [9.17, 15) is 0 Å². The van der Waals surface area contributed by atoms with Gasteiger partial charge in [0.15, 0.2) is 0 Å². The Bertz CT molecular complexity index is 296. The summed E-state index contributed by atoms with van der Waals surface area (Å²) in [5, 5.41) is 0. The number of nitrogen functional groups attached to an aromatic ring is 1. The van der Waals surface area contributed by atoms with Gasteiger partial charge in [-0.2, -0.15) is 0 Å². The summed E-state index contributed by atoms with van der Waals surface area (Å²) in [6.45, 7) is 7.66. The Balaban J connectivity index is 2.80. The van der Waals surface area contributed by atoms with Gasteiger partial charge in [0.2, 0.25) is 0 Å². The molecule has 1 aromatic heterocycles. The van der Waals surface area contributed by atoms with Gasteiger partial charge in [-0.25, -0.2) is 4.98 Å². The highest BCUT2D eigenvalue weighted by atomic mass is 15.2. The van der Waals surface area contributed by atoms with Crippen molar-refractivity contribution < 1.29 is 0 Å². The lowest BCUT2D eigenvalue weighted by Gasteiger charge is -2.21. The van der Waals surface area contributed by atoms with Gasteiger partial charge < -0.3 is 10.6 Å². The lowest BCUT2D eigenvalue weighted by Crippen LogP contribution is -2.24. The molecule has 0 atom stereocenters. The molecule has 0 aromatic carbocycles. The van der Waals surface area contributed by atoms with E-state index in [0.29, 0.717) is 0 Å². The molecule has 0 unspecified atom stereocenters. The number of hydrogen-bond donors (Lipinski definition) is 1. The van der Waals surface area contributed by atoms with E-state index in [2.05, 4.69) is 23.4 Å².